The van der Waals surface area contributed by atoms with Crippen molar-refractivity contribution in [1.29, 1.82) is 0 Å². The normalized spacial score (nSPS) is 14.2. The van der Waals surface area contributed by atoms with E-state index in [1.807, 2.05) is 4.90 Å². The lowest BCUT2D eigenvalue weighted by atomic mass is 10.1. The molecule has 1 aliphatic rings. The van der Waals surface area contributed by atoms with Gasteiger partial charge in [-0.05, 0) is 23.8 Å². The van der Waals surface area contributed by atoms with Gasteiger partial charge in [-0.3, -0.25) is 4.79 Å². The first kappa shape index (κ1) is 18.5. The van der Waals surface area contributed by atoms with Crippen molar-refractivity contribution in [2.45, 2.75) is 6.54 Å². The fourth-order valence-corrected chi connectivity index (χ4v) is 2.95. The standard InChI is InChI=1S/C19H20ClFN2O3/c1-25-17-11-15(23-6-8-26-9-7-23)10-16(21)18(17)19(24)22-12-13-2-4-14(20)5-3-13/h2-5,10-11H,6-9,12H2,1H3,(H,22,24). The number of amides is 1. The Kier molecular flexibility index (Phi) is 5.96. The van der Waals surface area contributed by atoms with Gasteiger partial charge in [-0.15, -0.1) is 0 Å². The van der Waals surface area contributed by atoms with Crippen molar-refractivity contribution in [2.75, 3.05) is 38.3 Å². The van der Waals surface area contributed by atoms with E-state index in [1.54, 1.807) is 30.3 Å². The summed E-state index contributed by atoms with van der Waals surface area (Å²) in [5, 5.41) is 3.33. The van der Waals surface area contributed by atoms with Gasteiger partial charge in [0.15, 0.2) is 0 Å². The topological polar surface area (TPSA) is 50.8 Å². The van der Waals surface area contributed by atoms with Gasteiger partial charge in [-0.2, -0.15) is 0 Å². The van der Waals surface area contributed by atoms with Crippen LogP contribution in [0.4, 0.5) is 10.1 Å². The van der Waals surface area contributed by atoms with Crippen LogP contribution in [-0.4, -0.2) is 39.3 Å². The van der Waals surface area contributed by atoms with E-state index < -0.39 is 11.7 Å². The van der Waals surface area contributed by atoms with E-state index in [1.165, 1.54) is 13.2 Å². The Bertz CT molecular complexity index is 777. The summed E-state index contributed by atoms with van der Waals surface area (Å²) in [6.07, 6.45) is 0. The molecule has 0 spiro atoms. The van der Waals surface area contributed by atoms with Crippen LogP contribution in [0.3, 0.4) is 0 Å². The van der Waals surface area contributed by atoms with E-state index >= 15 is 0 Å². The molecule has 1 saturated heterocycles. The number of carbonyl (C=O) groups is 1. The predicted octanol–water partition coefficient (Wildman–Crippen LogP) is 3.25. The Labute approximate surface area is 156 Å². The molecule has 0 atom stereocenters. The van der Waals surface area contributed by atoms with Gasteiger partial charge in [0.2, 0.25) is 0 Å². The van der Waals surface area contributed by atoms with Gasteiger partial charge < -0.3 is 19.7 Å². The largest absolute Gasteiger partial charge is 0.496 e. The smallest absolute Gasteiger partial charge is 0.258 e. The molecule has 1 amide bonds. The van der Waals surface area contributed by atoms with Crippen LogP contribution in [0.25, 0.3) is 0 Å². The highest BCUT2D eigenvalue weighted by Crippen LogP contribution is 2.29. The molecule has 1 N–H and O–H groups in total. The third kappa shape index (κ3) is 4.26. The van der Waals surface area contributed by atoms with Crippen LogP contribution in [-0.2, 0) is 11.3 Å². The van der Waals surface area contributed by atoms with Crippen molar-refractivity contribution in [3.05, 3.63) is 58.4 Å². The zero-order valence-corrected chi connectivity index (χ0v) is 15.2. The minimum Gasteiger partial charge on any atom is -0.496 e. The SMILES string of the molecule is COc1cc(N2CCOCC2)cc(F)c1C(=O)NCc1ccc(Cl)cc1. The summed E-state index contributed by atoms with van der Waals surface area (Å²) < 4.78 is 25.2. The van der Waals surface area contributed by atoms with Gasteiger partial charge in [0.25, 0.3) is 5.91 Å². The number of ether oxygens (including phenoxy) is 2. The molecule has 1 heterocycles. The zero-order chi connectivity index (χ0) is 18.5. The molecule has 0 saturated carbocycles. The lowest BCUT2D eigenvalue weighted by Crippen LogP contribution is -2.36. The van der Waals surface area contributed by atoms with Crippen LogP contribution < -0.4 is 15.0 Å². The van der Waals surface area contributed by atoms with Gasteiger partial charge in [-0.25, -0.2) is 4.39 Å². The fourth-order valence-electron chi connectivity index (χ4n) is 2.83. The second-order valence-electron chi connectivity index (χ2n) is 5.91. The molecule has 1 aliphatic heterocycles. The predicted molar refractivity (Wildman–Crippen MR) is 98.6 cm³/mol. The molecular formula is C19H20ClFN2O3. The minimum atomic E-state index is -0.612. The first-order valence-corrected chi connectivity index (χ1v) is 8.69. The molecule has 0 bridgehead atoms. The molecular weight excluding hydrogens is 359 g/mol. The molecule has 138 valence electrons. The number of nitrogens with zero attached hydrogens (tertiary/aromatic N) is 1. The summed E-state index contributed by atoms with van der Waals surface area (Å²) in [7, 11) is 1.42. The van der Waals surface area contributed by atoms with Gasteiger partial charge >= 0.3 is 0 Å². The summed E-state index contributed by atoms with van der Waals surface area (Å²) >= 11 is 5.84. The highest BCUT2D eigenvalue weighted by atomic mass is 35.5. The molecule has 1 fully saturated rings. The third-order valence-corrected chi connectivity index (χ3v) is 4.48. The Morgan fingerprint density at radius 2 is 1.96 bits per heavy atom. The number of nitrogens with one attached hydrogen (secondary N) is 1. The molecule has 7 heteroatoms. The number of halogens is 2. The Hall–Kier alpha value is -2.31. The van der Waals surface area contributed by atoms with Crippen LogP contribution in [0.5, 0.6) is 5.75 Å². The first-order valence-electron chi connectivity index (χ1n) is 8.31. The van der Waals surface area contributed by atoms with Crippen molar-refractivity contribution in [3.8, 4) is 5.75 Å². The zero-order valence-electron chi connectivity index (χ0n) is 14.4. The number of rotatable bonds is 5. The third-order valence-electron chi connectivity index (χ3n) is 4.23. The van der Waals surface area contributed by atoms with E-state index in [9.17, 15) is 9.18 Å². The quantitative estimate of drug-likeness (QED) is 0.867. The highest BCUT2D eigenvalue weighted by Gasteiger charge is 2.22. The van der Waals surface area contributed by atoms with Crippen LogP contribution in [0.2, 0.25) is 5.02 Å². The van der Waals surface area contributed by atoms with Gasteiger partial charge in [0, 0.05) is 36.4 Å². The molecule has 0 aromatic heterocycles. The van der Waals surface area contributed by atoms with Crippen molar-refractivity contribution in [2.24, 2.45) is 0 Å². The van der Waals surface area contributed by atoms with Gasteiger partial charge in [-0.1, -0.05) is 23.7 Å². The van der Waals surface area contributed by atoms with E-state index in [-0.39, 0.29) is 17.9 Å². The maximum absolute atomic E-state index is 14.7. The average Bonchev–Trinajstić information content (AvgIpc) is 2.67. The van der Waals surface area contributed by atoms with Gasteiger partial charge in [0.1, 0.15) is 17.1 Å². The summed E-state index contributed by atoms with van der Waals surface area (Å²) in [4.78, 5) is 14.5. The van der Waals surface area contributed by atoms with Gasteiger partial charge in [0.05, 0.1) is 20.3 Å². The second-order valence-corrected chi connectivity index (χ2v) is 6.35. The Morgan fingerprint density at radius 1 is 1.27 bits per heavy atom. The minimum absolute atomic E-state index is 0.0986. The summed E-state index contributed by atoms with van der Waals surface area (Å²) in [5.74, 6) is -0.928. The maximum Gasteiger partial charge on any atom is 0.258 e. The number of methoxy groups -OCH3 is 1. The van der Waals surface area contributed by atoms with E-state index in [0.29, 0.717) is 37.0 Å². The van der Waals surface area contributed by atoms with Crippen molar-refractivity contribution >= 4 is 23.2 Å². The van der Waals surface area contributed by atoms with Crippen molar-refractivity contribution in [3.63, 3.8) is 0 Å². The monoisotopic (exact) mass is 378 g/mol. The summed E-state index contributed by atoms with van der Waals surface area (Å²) in [6, 6.07) is 10.1. The number of benzene rings is 2. The lowest BCUT2D eigenvalue weighted by molar-refractivity contribution is 0.0943. The number of morpholine rings is 1. The molecule has 0 radical (unpaired) electrons. The average molecular weight is 379 g/mol. The van der Waals surface area contributed by atoms with Crippen LogP contribution in [0.1, 0.15) is 15.9 Å². The summed E-state index contributed by atoms with van der Waals surface area (Å²) in [6.45, 7) is 2.79. The van der Waals surface area contributed by atoms with Crippen LogP contribution in [0.15, 0.2) is 36.4 Å². The number of anilines is 1. The maximum atomic E-state index is 14.7. The molecule has 2 aromatic rings. The van der Waals surface area contributed by atoms with Crippen LogP contribution in [0, 0.1) is 5.82 Å². The molecule has 2 aromatic carbocycles. The van der Waals surface area contributed by atoms with E-state index in [4.69, 9.17) is 21.1 Å². The number of carbonyl (C=O) groups excluding carboxylic acids is 1. The molecule has 0 aliphatic carbocycles. The number of hydrogen-bond acceptors (Lipinski definition) is 4. The van der Waals surface area contributed by atoms with Crippen molar-refractivity contribution in [1.82, 2.24) is 5.32 Å². The molecule has 5 nitrogen and oxygen atoms in total. The van der Waals surface area contributed by atoms with Crippen LogP contribution >= 0.6 is 11.6 Å². The molecule has 3 rings (SSSR count). The Morgan fingerprint density at radius 3 is 2.62 bits per heavy atom. The summed E-state index contributed by atoms with van der Waals surface area (Å²) in [5.41, 5.74) is 1.45. The number of hydrogen-bond donors (Lipinski definition) is 1. The lowest BCUT2D eigenvalue weighted by Gasteiger charge is -2.29. The fraction of sp³-hybridized carbons (Fsp3) is 0.316. The van der Waals surface area contributed by atoms with Crippen molar-refractivity contribution < 1.29 is 18.7 Å². The Balaban J connectivity index is 1.77. The first-order chi connectivity index (χ1) is 12.6. The van der Waals surface area contributed by atoms with E-state index in [2.05, 4.69) is 5.32 Å². The highest BCUT2D eigenvalue weighted by molar-refractivity contribution is 6.30. The molecule has 0 unspecified atom stereocenters. The van der Waals surface area contributed by atoms with E-state index in [0.717, 1.165) is 5.56 Å². The second kappa shape index (κ2) is 8.38. The molecule has 26 heavy (non-hydrogen) atoms.